The third kappa shape index (κ3) is 2.98. The van der Waals surface area contributed by atoms with Crippen LogP contribution < -0.4 is 10.6 Å². The molecule has 0 heterocycles. The summed E-state index contributed by atoms with van der Waals surface area (Å²) in [6, 6.07) is 5.59. The van der Waals surface area contributed by atoms with E-state index in [9.17, 15) is 5.11 Å². The smallest absolute Gasteiger partial charge is 0.124 e. The lowest BCUT2D eigenvalue weighted by Gasteiger charge is -2.37. The molecule has 1 aromatic rings. The highest BCUT2D eigenvalue weighted by atomic mass is 79.9. The van der Waals surface area contributed by atoms with Gasteiger partial charge in [0.15, 0.2) is 0 Å². The number of amidine groups is 1. The number of nitrogen functional groups attached to an aromatic ring is 1. The first-order valence-corrected chi connectivity index (χ1v) is 6.07. The summed E-state index contributed by atoms with van der Waals surface area (Å²) in [7, 11) is 1.88. The van der Waals surface area contributed by atoms with Crippen molar-refractivity contribution >= 4 is 27.5 Å². The molecule has 0 aliphatic rings. The maximum Gasteiger partial charge on any atom is 0.124 e. The monoisotopic (exact) mass is 299 g/mol. The van der Waals surface area contributed by atoms with Crippen molar-refractivity contribution in [1.29, 1.82) is 5.41 Å². The molecule has 0 bridgehead atoms. The zero-order valence-electron chi connectivity index (χ0n) is 10.3. The standard InChI is InChI=1S/C12H18BrN3O/c1-12(2,7-17)16(3)10-5-4-8(13)6-9(10)11(14)15/h4-6,17H,7H2,1-3H3,(H3,14,15). The van der Waals surface area contributed by atoms with E-state index in [1.165, 1.54) is 0 Å². The van der Waals surface area contributed by atoms with Crippen LogP contribution in [-0.2, 0) is 0 Å². The molecule has 0 unspecified atom stereocenters. The van der Waals surface area contributed by atoms with Crippen molar-refractivity contribution in [3.63, 3.8) is 0 Å². The van der Waals surface area contributed by atoms with Crippen LogP contribution >= 0.6 is 15.9 Å². The Morgan fingerprint density at radius 1 is 1.53 bits per heavy atom. The summed E-state index contributed by atoms with van der Waals surface area (Å²) < 4.78 is 0.877. The second-order valence-electron chi connectivity index (χ2n) is 4.60. The van der Waals surface area contributed by atoms with Crippen molar-refractivity contribution in [2.24, 2.45) is 5.73 Å². The number of halogens is 1. The first kappa shape index (κ1) is 14.0. The molecule has 17 heavy (non-hydrogen) atoms. The van der Waals surface area contributed by atoms with Crippen LogP contribution in [0.1, 0.15) is 19.4 Å². The second kappa shape index (κ2) is 5.06. The van der Waals surface area contributed by atoms with Crippen LogP contribution in [-0.4, -0.2) is 30.1 Å². The number of hydrogen-bond acceptors (Lipinski definition) is 3. The molecule has 0 radical (unpaired) electrons. The van der Waals surface area contributed by atoms with Crippen molar-refractivity contribution in [2.45, 2.75) is 19.4 Å². The van der Waals surface area contributed by atoms with Gasteiger partial charge in [-0.1, -0.05) is 15.9 Å². The van der Waals surface area contributed by atoms with Gasteiger partial charge in [0, 0.05) is 22.8 Å². The molecule has 0 aliphatic carbocycles. The molecule has 0 atom stereocenters. The number of nitrogens with one attached hydrogen (secondary N) is 1. The predicted molar refractivity (Wildman–Crippen MR) is 74.7 cm³/mol. The third-order valence-corrected chi connectivity index (χ3v) is 3.40. The minimum atomic E-state index is -0.405. The van der Waals surface area contributed by atoms with Crippen LogP contribution in [0.15, 0.2) is 22.7 Å². The molecule has 1 rings (SSSR count). The van der Waals surface area contributed by atoms with Gasteiger partial charge < -0.3 is 15.7 Å². The topological polar surface area (TPSA) is 73.3 Å². The van der Waals surface area contributed by atoms with Crippen LogP contribution in [0.2, 0.25) is 0 Å². The summed E-state index contributed by atoms with van der Waals surface area (Å²) in [4.78, 5) is 1.93. The maximum atomic E-state index is 9.37. The van der Waals surface area contributed by atoms with Gasteiger partial charge in [0.25, 0.3) is 0 Å². The van der Waals surface area contributed by atoms with Crippen molar-refractivity contribution < 1.29 is 5.11 Å². The Kier molecular flexibility index (Phi) is 4.16. The molecule has 0 saturated carbocycles. The number of aliphatic hydroxyl groups excluding tert-OH is 1. The number of likely N-dealkylation sites (N-methyl/N-ethyl adjacent to an activating group) is 1. The minimum Gasteiger partial charge on any atom is -0.394 e. The molecule has 0 saturated heterocycles. The zero-order valence-corrected chi connectivity index (χ0v) is 11.9. The lowest BCUT2D eigenvalue weighted by molar-refractivity contribution is 0.216. The Morgan fingerprint density at radius 3 is 2.59 bits per heavy atom. The van der Waals surface area contributed by atoms with E-state index in [4.69, 9.17) is 11.1 Å². The van der Waals surface area contributed by atoms with Crippen LogP contribution in [0.25, 0.3) is 0 Å². The highest BCUT2D eigenvalue weighted by Crippen LogP contribution is 2.28. The molecule has 1 aromatic carbocycles. The van der Waals surface area contributed by atoms with Crippen molar-refractivity contribution in [3.8, 4) is 0 Å². The lowest BCUT2D eigenvalue weighted by Crippen LogP contribution is -2.45. The summed E-state index contributed by atoms with van der Waals surface area (Å²) >= 11 is 3.36. The van der Waals surface area contributed by atoms with Crippen LogP contribution in [0.3, 0.4) is 0 Å². The molecule has 0 aromatic heterocycles. The SMILES string of the molecule is CN(c1ccc(Br)cc1C(=N)N)C(C)(C)CO. The number of aliphatic hydroxyl groups is 1. The van der Waals surface area contributed by atoms with Gasteiger partial charge in [0.2, 0.25) is 0 Å². The highest BCUT2D eigenvalue weighted by molar-refractivity contribution is 9.10. The Morgan fingerprint density at radius 2 is 2.12 bits per heavy atom. The van der Waals surface area contributed by atoms with E-state index >= 15 is 0 Å². The number of nitrogens with zero attached hydrogens (tertiary/aromatic N) is 1. The average molecular weight is 300 g/mol. The highest BCUT2D eigenvalue weighted by Gasteiger charge is 2.25. The van der Waals surface area contributed by atoms with E-state index in [2.05, 4.69) is 15.9 Å². The van der Waals surface area contributed by atoms with E-state index in [0.717, 1.165) is 10.2 Å². The Bertz CT molecular complexity index is 432. The van der Waals surface area contributed by atoms with E-state index in [1.807, 2.05) is 44.0 Å². The van der Waals surface area contributed by atoms with E-state index < -0.39 is 5.54 Å². The van der Waals surface area contributed by atoms with Gasteiger partial charge in [-0.3, -0.25) is 5.41 Å². The molecule has 0 fully saturated rings. The number of rotatable bonds is 4. The van der Waals surface area contributed by atoms with E-state index in [0.29, 0.717) is 5.56 Å². The molecule has 5 heteroatoms. The lowest BCUT2D eigenvalue weighted by atomic mass is 10.0. The molecule has 0 amide bonds. The summed E-state index contributed by atoms with van der Waals surface area (Å²) in [5.41, 5.74) is 6.66. The fourth-order valence-electron chi connectivity index (χ4n) is 1.45. The van der Waals surface area contributed by atoms with Gasteiger partial charge in [-0.15, -0.1) is 0 Å². The first-order valence-electron chi connectivity index (χ1n) is 5.28. The van der Waals surface area contributed by atoms with Crippen LogP contribution in [0.5, 0.6) is 0 Å². The number of anilines is 1. The van der Waals surface area contributed by atoms with Gasteiger partial charge in [0.05, 0.1) is 12.1 Å². The van der Waals surface area contributed by atoms with Crippen molar-refractivity contribution in [3.05, 3.63) is 28.2 Å². The number of nitrogens with two attached hydrogens (primary N) is 1. The van der Waals surface area contributed by atoms with Gasteiger partial charge in [-0.25, -0.2) is 0 Å². The van der Waals surface area contributed by atoms with Gasteiger partial charge in [-0.05, 0) is 32.0 Å². The summed E-state index contributed by atoms with van der Waals surface area (Å²) in [6.07, 6.45) is 0. The average Bonchev–Trinajstić information content (AvgIpc) is 2.28. The van der Waals surface area contributed by atoms with Crippen LogP contribution in [0, 0.1) is 5.41 Å². The number of benzene rings is 1. The Hall–Kier alpha value is -1.07. The quantitative estimate of drug-likeness (QED) is 0.588. The number of hydrogen-bond donors (Lipinski definition) is 3. The van der Waals surface area contributed by atoms with Crippen molar-refractivity contribution in [1.82, 2.24) is 0 Å². The fraction of sp³-hybridized carbons (Fsp3) is 0.417. The first-order chi connectivity index (χ1) is 7.79. The predicted octanol–water partition coefficient (Wildman–Crippen LogP) is 1.94. The molecule has 4 nitrogen and oxygen atoms in total. The second-order valence-corrected chi connectivity index (χ2v) is 5.52. The molecule has 4 N–H and O–H groups in total. The molecular weight excluding hydrogens is 282 g/mol. The normalized spacial score (nSPS) is 11.4. The van der Waals surface area contributed by atoms with Crippen molar-refractivity contribution in [2.75, 3.05) is 18.6 Å². The maximum absolute atomic E-state index is 9.37. The largest absolute Gasteiger partial charge is 0.394 e. The summed E-state index contributed by atoms with van der Waals surface area (Å²) in [6.45, 7) is 3.88. The third-order valence-electron chi connectivity index (χ3n) is 2.91. The van der Waals surface area contributed by atoms with Gasteiger partial charge in [0.1, 0.15) is 5.84 Å². The Labute approximate surface area is 110 Å². The molecular formula is C12H18BrN3O. The molecule has 94 valence electrons. The van der Waals surface area contributed by atoms with Crippen LogP contribution in [0.4, 0.5) is 5.69 Å². The molecule has 0 aliphatic heterocycles. The summed E-state index contributed by atoms with van der Waals surface area (Å²) in [5.74, 6) is 0.0156. The molecule has 0 spiro atoms. The zero-order chi connectivity index (χ0) is 13.2. The fourth-order valence-corrected chi connectivity index (χ4v) is 1.81. The minimum absolute atomic E-state index is 0.0156. The van der Waals surface area contributed by atoms with Gasteiger partial charge in [-0.2, -0.15) is 0 Å². The Balaban J connectivity index is 3.26. The van der Waals surface area contributed by atoms with Gasteiger partial charge >= 0.3 is 0 Å². The van der Waals surface area contributed by atoms with E-state index in [1.54, 1.807) is 0 Å². The summed E-state index contributed by atoms with van der Waals surface area (Å²) in [5, 5.41) is 17.0. The van der Waals surface area contributed by atoms with E-state index in [-0.39, 0.29) is 12.4 Å².